The van der Waals surface area contributed by atoms with Crippen LogP contribution in [0.3, 0.4) is 0 Å². The quantitative estimate of drug-likeness (QED) is 0.532. The van der Waals surface area contributed by atoms with Gasteiger partial charge in [0.2, 0.25) is 0 Å². The van der Waals surface area contributed by atoms with Crippen LogP contribution in [0.2, 0.25) is 0 Å². The van der Waals surface area contributed by atoms with Crippen LogP contribution in [0.25, 0.3) is 0 Å². The number of hydrogen-bond donors (Lipinski definition) is 0. The average Bonchev–Trinajstić information content (AvgIpc) is 2.72. The summed E-state index contributed by atoms with van der Waals surface area (Å²) in [6.07, 6.45) is 3.40. The number of hydrogen-bond acceptors (Lipinski definition) is 3. The van der Waals surface area contributed by atoms with Gasteiger partial charge in [0.25, 0.3) is 0 Å². The molecule has 3 nitrogen and oxygen atoms in total. The molecule has 1 saturated heterocycles. The summed E-state index contributed by atoms with van der Waals surface area (Å²) in [4.78, 5) is 14.4. The highest BCUT2D eigenvalue weighted by atomic mass is 16.5. The highest BCUT2D eigenvalue weighted by molar-refractivity contribution is 5.89. The van der Waals surface area contributed by atoms with Crippen LogP contribution in [-0.2, 0) is 4.74 Å². The van der Waals surface area contributed by atoms with Crippen LogP contribution in [0.4, 0.5) is 0 Å². The maximum absolute atomic E-state index is 11.9. The number of ether oxygens (including phenoxy) is 1. The summed E-state index contributed by atoms with van der Waals surface area (Å²) in [6, 6.07) is 20.1. The lowest BCUT2D eigenvalue weighted by atomic mass is 9.81. The predicted octanol–water partition coefficient (Wildman–Crippen LogP) is 4.75. The molecule has 1 fully saturated rings. The Morgan fingerprint density at radius 1 is 1.04 bits per heavy atom. The molecular formula is C23H29NO2. The summed E-state index contributed by atoms with van der Waals surface area (Å²) in [6.45, 7) is 6.16. The smallest absolute Gasteiger partial charge is 0.338 e. The van der Waals surface area contributed by atoms with Crippen LogP contribution < -0.4 is 0 Å². The number of benzene rings is 2. The molecule has 0 aromatic heterocycles. The van der Waals surface area contributed by atoms with E-state index >= 15 is 0 Å². The van der Waals surface area contributed by atoms with E-state index in [4.69, 9.17) is 4.74 Å². The largest absolute Gasteiger partial charge is 0.462 e. The van der Waals surface area contributed by atoms with Gasteiger partial charge in [0, 0.05) is 6.54 Å². The zero-order valence-electron chi connectivity index (χ0n) is 15.6. The zero-order chi connectivity index (χ0) is 18.2. The first-order valence-electron chi connectivity index (χ1n) is 9.73. The lowest BCUT2D eigenvalue weighted by Crippen LogP contribution is -2.36. The van der Waals surface area contributed by atoms with Crippen LogP contribution in [-0.4, -0.2) is 37.1 Å². The monoisotopic (exact) mass is 351 g/mol. The van der Waals surface area contributed by atoms with Crippen LogP contribution in [0, 0.1) is 5.92 Å². The molecule has 1 aliphatic rings. The highest BCUT2D eigenvalue weighted by Gasteiger charge is 2.24. The van der Waals surface area contributed by atoms with Gasteiger partial charge in [0.05, 0.1) is 12.2 Å². The standard InChI is InChI=1S/C23H29NO2/c1-19(20-9-4-2-5-10-20)21-13-16-24(17-14-21)15-8-18-26-23(25)22-11-6-3-7-12-22/h2-7,9-12,19,21H,8,13-18H2,1H3. The van der Waals surface area contributed by atoms with Gasteiger partial charge in [-0.15, -0.1) is 0 Å². The number of piperidine rings is 1. The first-order chi connectivity index (χ1) is 12.7. The van der Waals surface area contributed by atoms with E-state index in [9.17, 15) is 4.79 Å². The van der Waals surface area contributed by atoms with Gasteiger partial charge in [-0.3, -0.25) is 0 Å². The third-order valence-corrected chi connectivity index (χ3v) is 5.53. The molecule has 138 valence electrons. The Kier molecular flexibility index (Phi) is 6.84. The van der Waals surface area contributed by atoms with Gasteiger partial charge in [-0.2, -0.15) is 0 Å². The van der Waals surface area contributed by atoms with Crippen LogP contribution >= 0.6 is 0 Å². The SMILES string of the molecule is CC(c1ccccc1)C1CCN(CCCOC(=O)c2ccccc2)CC1. The van der Waals surface area contributed by atoms with Gasteiger partial charge in [0.15, 0.2) is 0 Å². The molecule has 0 saturated carbocycles. The summed E-state index contributed by atoms with van der Waals surface area (Å²) in [5.74, 6) is 1.18. The van der Waals surface area contributed by atoms with Crippen molar-refractivity contribution < 1.29 is 9.53 Å². The summed E-state index contributed by atoms with van der Waals surface area (Å²) in [5, 5.41) is 0. The second kappa shape index (κ2) is 9.54. The van der Waals surface area contributed by atoms with Crippen molar-refractivity contribution in [2.24, 2.45) is 5.92 Å². The van der Waals surface area contributed by atoms with Crippen molar-refractivity contribution in [1.82, 2.24) is 4.90 Å². The average molecular weight is 351 g/mol. The van der Waals surface area contributed by atoms with Gasteiger partial charge < -0.3 is 9.64 Å². The van der Waals surface area contributed by atoms with Gasteiger partial charge >= 0.3 is 5.97 Å². The summed E-state index contributed by atoms with van der Waals surface area (Å²) in [5.41, 5.74) is 2.09. The van der Waals surface area contributed by atoms with Gasteiger partial charge in [-0.25, -0.2) is 4.79 Å². The van der Waals surface area contributed by atoms with Crippen molar-refractivity contribution in [3.8, 4) is 0 Å². The van der Waals surface area contributed by atoms with Crippen molar-refractivity contribution in [1.29, 1.82) is 0 Å². The molecule has 0 bridgehead atoms. The van der Waals surface area contributed by atoms with Crippen molar-refractivity contribution in [3.05, 3.63) is 71.8 Å². The fraction of sp³-hybridized carbons (Fsp3) is 0.435. The van der Waals surface area contributed by atoms with Crippen LogP contribution in [0.1, 0.15) is 48.0 Å². The Hall–Kier alpha value is -2.13. The molecule has 1 aliphatic heterocycles. The molecule has 3 rings (SSSR count). The molecule has 0 amide bonds. The number of rotatable bonds is 7. The van der Waals surface area contributed by atoms with E-state index < -0.39 is 0 Å². The third kappa shape index (κ3) is 5.18. The predicted molar refractivity (Wildman–Crippen MR) is 105 cm³/mol. The van der Waals surface area contributed by atoms with E-state index in [1.807, 2.05) is 18.2 Å². The van der Waals surface area contributed by atoms with E-state index in [-0.39, 0.29) is 5.97 Å². The number of carbonyl (C=O) groups excluding carboxylic acids is 1. The summed E-state index contributed by atoms with van der Waals surface area (Å²) in [7, 11) is 0. The fourth-order valence-electron chi connectivity index (χ4n) is 3.82. The Labute approximate surface area is 157 Å². The zero-order valence-corrected chi connectivity index (χ0v) is 15.6. The molecule has 2 aromatic carbocycles. The Bertz CT molecular complexity index is 663. The van der Waals surface area contributed by atoms with E-state index in [0.717, 1.165) is 32.0 Å². The van der Waals surface area contributed by atoms with Crippen molar-refractivity contribution in [3.63, 3.8) is 0 Å². The number of carbonyl (C=O) groups is 1. The number of likely N-dealkylation sites (tertiary alicyclic amines) is 1. The molecule has 3 heteroatoms. The second-order valence-electron chi connectivity index (χ2n) is 7.23. The molecule has 0 spiro atoms. The number of esters is 1. The summed E-state index contributed by atoms with van der Waals surface area (Å²) >= 11 is 0. The Morgan fingerprint density at radius 2 is 1.65 bits per heavy atom. The van der Waals surface area contributed by atoms with Crippen molar-refractivity contribution in [2.75, 3.05) is 26.2 Å². The summed E-state index contributed by atoms with van der Waals surface area (Å²) < 4.78 is 5.37. The molecule has 2 aromatic rings. The van der Waals surface area contributed by atoms with Crippen molar-refractivity contribution in [2.45, 2.75) is 32.1 Å². The van der Waals surface area contributed by atoms with Crippen LogP contribution in [0.5, 0.6) is 0 Å². The molecule has 1 unspecified atom stereocenters. The molecule has 26 heavy (non-hydrogen) atoms. The highest BCUT2D eigenvalue weighted by Crippen LogP contribution is 2.32. The van der Waals surface area contributed by atoms with E-state index in [2.05, 4.69) is 42.2 Å². The molecule has 0 aliphatic carbocycles. The first-order valence-corrected chi connectivity index (χ1v) is 9.73. The maximum Gasteiger partial charge on any atom is 0.338 e. The Morgan fingerprint density at radius 3 is 2.31 bits per heavy atom. The van der Waals surface area contributed by atoms with E-state index in [1.165, 1.54) is 18.4 Å². The second-order valence-corrected chi connectivity index (χ2v) is 7.23. The maximum atomic E-state index is 11.9. The first kappa shape index (κ1) is 18.7. The number of nitrogens with zero attached hydrogens (tertiary/aromatic N) is 1. The molecule has 1 heterocycles. The molecule has 0 N–H and O–H groups in total. The molecule has 0 radical (unpaired) electrons. The molecule has 1 atom stereocenters. The Balaban J connectivity index is 1.34. The minimum atomic E-state index is -0.221. The minimum absolute atomic E-state index is 0.221. The normalized spacial score (nSPS) is 17.0. The minimum Gasteiger partial charge on any atom is -0.462 e. The lowest BCUT2D eigenvalue weighted by molar-refractivity contribution is 0.0481. The molecular weight excluding hydrogens is 322 g/mol. The van der Waals surface area contributed by atoms with E-state index in [0.29, 0.717) is 18.1 Å². The fourth-order valence-corrected chi connectivity index (χ4v) is 3.82. The van der Waals surface area contributed by atoms with Gasteiger partial charge in [-0.1, -0.05) is 55.5 Å². The van der Waals surface area contributed by atoms with Gasteiger partial charge in [0.1, 0.15) is 0 Å². The topological polar surface area (TPSA) is 29.5 Å². The van der Waals surface area contributed by atoms with Crippen molar-refractivity contribution >= 4 is 5.97 Å². The van der Waals surface area contributed by atoms with Gasteiger partial charge in [-0.05, 0) is 61.9 Å². The van der Waals surface area contributed by atoms with Crippen LogP contribution in [0.15, 0.2) is 60.7 Å². The lowest BCUT2D eigenvalue weighted by Gasteiger charge is -2.35. The van der Waals surface area contributed by atoms with E-state index in [1.54, 1.807) is 12.1 Å². The third-order valence-electron chi connectivity index (χ3n) is 5.53.